The van der Waals surface area contributed by atoms with Gasteiger partial charge in [-0.2, -0.15) is 0 Å². The van der Waals surface area contributed by atoms with Crippen molar-refractivity contribution in [2.45, 2.75) is 57.6 Å². The molecule has 0 spiro atoms. The second kappa shape index (κ2) is 7.34. The molecular formula is C14H28N2O. The molecule has 1 aliphatic heterocycles. The smallest absolute Gasteiger partial charge is 0.0700 e. The van der Waals surface area contributed by atoms with E-state index in [0.29, 0.717) is 6.10 Å². The number of nitrogens with one attached hydrogen (secondary N) is 1. The van der Waals surface area contributed by atoms with E-state index in [1.807, 2.05) is 0 Å². The molecule has 0 amide bonds. The molecule has 100 valence electrons. The van der Waals surface area contributed by atoms with E-state index in [0.717, 1.165) is 38.7 Å². The summed E-state index contributed by atoms with van der Waals surface area (Å²) in [6.45, 7) is 7.72. The van der Waals surface area contributed by atoms with E-state index in [2.05, 4.69) is 17.1 Å². The molecule has 1 aliphatic carbocycles. The summed E-state index contributed by atoms with van der Waals surface area (Å²) < 4.78 is 5.69. The first kappa shape index (κ1) is 13.3. The van der Waals surface area contributed by atoms with Gasteiger partial charge in [0, 0.05) is 32.2 Å². The Morgan fingerprint density at radius 1 is 1.24 bits per heavy atom. The highest BCUT2D eigenvalue weighted by atomic mass is 16.5. The Labute approximate surface area is 106 Å². The molecule has 0 aromatic carbocycles. The Hall–Kier alpha value is -0.120. The Morgan fingerprint density at radius 3 is 2.82 bits per heavy atom. The molecule has 2 rings (SSSR count). The molecule has 1 N–H and O–H groups in total. The van der Waals surface area contributed by atoms with E-state index in [-0.39, 0.29) is 0 Å². The first-order chi connectivity index (χ1) is 8.38. The van der Waals surface area contributed by atoms with Gasteiger partial charge >= 0.3 is 0 Å². The Morgan fingerprint density at radius 2 is 2.06 bits per heavy atom. The fourth-order valence-electron chi connectivity index (χ4n) is 2.96. The summed E-state index contributed by atoms with van der Waals surface area (Å²) in [7, 11) is 0. The fourth-order valence-corrected chi connectivity index (χ4v) is 2.96. The van der Waals surface area contributed by atoms with Crippen LogP contribution in [0.1, 0.15) is 45.4 Å². The predicted octanol–water partition coefficient (Wildman–Crippen LogP) is 2.02. The van der Waals surface area contributed by atoms with Crippen LogP contribution in [0, 0.1) is 0 Å². The van der Waals surface area contributed by atoms with Crippen LogP contribution in [0.5, 0.6) is 0 Å². The van der Waals surface area contributed by atoms with Crippen LogP contribution in [0.2, 0.25) is 0 Å². The number of hydrogen-bond donors (Lipinski definition) is 1. The zero-order valence-corrected chi connectivity index (χ0v) is 11.3. The van der Waals surface area contributed by atoms with Crippen LogP contribution in [0.3, 0.4) is 0 Å². The van der Waals surface area contributed by atoms with Crippen molar-refractivity contribution < 1.29 is 4.74 Å². The van der Waals surface area contributed by atoms with Crippen LogP contribution in [0.25, 0.3) is 0 Å². The van der Waals surface area contributed by atoms with Crippen molar-refractivity contribution in [3.05, 3.63) is 0 Å². The summed E-state index contributed by atoms with van der Waals surface area (Å²) in [5.41, 5.74) is 0. The molecule has 0 bridgehead atoms. The van der Waals surface area contributed by atoms with E-state index >= 15 is 0 Å². The molecule has 0 aromatic rings. The minimum Gasteiger partial charge on any atom is -0.376 e. The molecule has 1 saturated heterocycles. The number of hydrogen-bond acceptors (Lipinski definition) is 3. The minimum absolute atomic E-state index is 0.471. The van der Waals surface area contributed by atoms with Crippen molar-refractivity contribution in [1.29, 1.82) is 0 Å². The van der Waals surface area contributed by atoms with Crippen molar-refractivity contribution in [1.82, 2.24) is 10.2 Å². The lowest BCUT2D eigenvalue weighted by Gasteiger charge is -2.33. The van der Waals surface area contributed by atoms with Gasteiger partial charge in [0.1, 0.15) is 0 Å². The molecule has 1 unspecified atom stereocenters. The van der Waals surface area contributed by atoms with Gasteiger partial charge in [0.25, 0.3) is 0 Å². The van der Waals surface area contributed by atoms with Crippen LogP contribution in [0.4, 0.5) is 0 Å². The summed E-state index contributed by atoms with van der Waals surface area (Å²) in [6.07, 6.45) is 8.69. The van der Waals surface area contributed by atoms with Crippen molar-refractivity contribution in [3.8, 4) is 0 Å². The summed E-state index contributed by atoms with van der Waals surface area (Å²) in [5.74, 6) is 0. The minimum atomic E-state index is 0.471. The molecule has 2 fully saturated rings. The zero-order chi connectivity index (χ0) is 11.9. The van der Waals surface area contributed by atoms with Gasteiger partial charge in [0.15, 0.2) is 0 Å². The molecule has 0 radical (unpaired) electrons. The third kappa shape index (κ3) is 4.57. The van der Waals surface area contributed by atoms with Gasteiger partial charge < -0.3 is 10.1 Å². The number of ether oxygens (including phenoxy) is 1. The number of nitrogens with zero attached hydrogens (tertiary/aromatic N) is 1. The number of rotatable bonds is 5. The van der Waals surface area contributed by atoms with Crippen LogP contribution >= 0.6 is 0 Å². The largest absolute Gasteiger partial charge is 0.376 e. The molecule has 0 aromatic heterocycles. The summed E-state index contributed by atoms with van der Waals surface area (Å²) in [6, 6.07) is 0.798. The van der Waals surface area contributed by atoms with E-state index in [1.165, 1.54) is 38.6 Å². The van der Waals surface area contributed by atoms with Gasteiger partial charge in [0.05, 0.1) is 12.7 Å². The Balaban J connectivity index is 1.57. The van der Waals surface area contributed by atoms with Crippen molar-refractivity contribution in [2.75, 3.05) is 32.8 Å². The van der Waals surface area contributed by atoms with Gasteiger partial charge in [-0.05, 0) is 19.3 Å². The lowest BCUT2D eigenvalue weighted by molar-refractivity contribution is -0.0292. The van der Waals surface area contributed by atoms with Crippen molar-refractivity contribution in [3.63, 3.8) is 0 Å². The third-order valence-electron chi connectivity index (χ3n) is 4.14. The molecular weight excluding hydrogens is 212 g/mol. The van der Waals surface area contributed by atoms with Gasteiger partial charge in [-0.1, -0.05) is 26.2 Å². The maximum atomic E-state index is 5.69. The molecule has 1 atom stereocenters. The monoisotopic (exact) mass is 240 g/mol. The lowest BCUT2D eigenvalue weighted by Crippen LogP contribution is -2.46. The van der Waals surface area contributed by atoms with Gasteiger partial charge in [-0.3, -0.25) is 4.90 Å². The SMILES string of the molecule is CCC1CN(CCNC2CCCCC2)CCO1. The molecule has 1 heterocycles. The Bertz CT molecular complexity index is 204. The summed E-state index contributed by atoms with van der Waals surface area (Å²) in [5, 5.41) is 3.72. The van der Waals surface area contributed by atoms with Crippen LogP contribution < -0.4 is 5.32 Å². The quantitative estimate of drug-likeness (QED) is 0.795. The number of morpholine rings is 1. The average molecular weight is 240 g/mol. The average Bonchev–Trinajstić information content (AvgIpc) is 2.40. The molecule has 1 saturated carbocycles. The van der Waals surface area contributed by atoms with E-state index in [4.69, 9.17) is 4.74 Å². The topological polar surface area (TPSA) is 24.5 Å². The van der Waals surface area contributed by atoms with Gasteiger partial charge in [-0.25, -0.2) is 0 Å². The van der Waals surface area contributed by atoms with E-state index in [1.54, 1.807) is 0 Å². The molecule has 2 aliphatic rings. The maximum absolute atomic E-state index is 5.69. The van der Waals surface area contributed by atoms with Crippen LogP contribution in [-0.2, 0) is 4.74 Å². The second-order valence-corrected chi connectivity index (χ2v) is 5.49. The molecule has 3 nitrogen and oxygen atoms in total. The Kier molecular flexibility index (Phi) is 5.75. The van der Waals surface area contributed by atoms with Crippen LogP contribution in [-0.4, -0.2) is 49.8 Å². The van der Waals surface area contributed by atoms with E-state index in [9.17, 15) is 0 Å². The zero-order valence-electron chi connectivity index (χ0n) is 11.3. The van der Waals surface area contributed by atoms with Crippen molar-refractivity contribution in [2.24, 2.45) is 0 Å². The highest BCUT2D eigenvalue weighted by Gasteiger charge is 2.19. The molecule has 17 heavy (non-hydrogen) atoms. The van der Waals surface area contributed by atoms with E-state index < -0.39 is 0 Å². The summed E-state index contributed by atoms with van der Waals surface area (Å²) >= 11 is 0. The molecule has 3 heteroatoms. The lowest BCUT2D eigenvalue weighted by atomic mass is 9.95. The normalized spacial score (nSPS) is 28.4. The predicted molar refractivity (Wildman–Crippen MR) is 71.3 cm³/mol. The maximum Gasteiger partial charge on any atom is 0.0700 e. The highest BCUT2D eigenvalue weighted by molar-refractivity contribution is 4.74. The highest BCUT2D eigenvalue weighted by Crippen LogP contribution is 2.17. The van der Waals surface area contributed by atoms with Crippen LogP contribution in [0.15, 0.2) is 0 Å². The second-order valence-electron chi connectivity index (χ2n) is 5.49. The van der Waals surface area contributed by atoms with Gasteiger partial charge in [0.2, 0.25) is 0 Å². The third-order valence-corrected chi connectivity index (χ3v) is 4.14. The summed E-state index contributed by atoms with van der Waals surface area (Å²) in [4.78, 5) is 2.55. The first-order valence-corrected chi connectivity index (χ1v) is 7.46. The fraction of sp³-hybridized carbons (Fsp3) is 1.00. The standard InChI is InChI=1S/C14H28N2O/c1-2-14-12-16(10-11-17-14)9-8-15-13-6-4-3-5-7-13/h13-15H,2-12H2,1H3. The van der Waals surface area contributed by atoms with Crippen molar-refractivity contribution >= 4 is 0 Å². The van der Waals surface area contributed by atoms with Gasteiger partial charge in [-0.15, -0.1) is 0 Å². The first-order valence-electron chi connectivity index (χ1n) is 7.46.